The van der Waals surface area contributed by atoms with Crippen LogP contribution < -0.4 is 5.32 Å². The lowest BCUT2D eigenvalue weighted by molar-refractivity contribution is -0.129. The highest BCUT2D eigenvalue weighted by molar-refractivity contribution is 7.89. The van der Waals surface area contributed by atoms with Gasteiger partial charge in [0.15, 0.2) is 0 Å². The van der Waals surface area contributed by atoms with E-state index < -0.39 is 46.1 Å². The van der Waals surface area contributed by atoms with E-state index in [1.165, 1.54) is 34.8 Å². The summed E-state index contributed by atoms with van der Waals surface area (Å²) in [6.45, 7) is 6.99. The molecule has 3 rings (SSSR count). The van der Waals surface area contributed by atoms with Gasteiger partial charge in [-0.25, -0.2) is 13.2 Å². The van der Waals surface area contributed by atoms with E-state index in [-0.39, 0.29) is 36.9 Å². The first-order chi connectivity index (χ1) is 21.8. The fraction of sp³-hybridized carbons (Fsp3) is 0.382. The SMILES string of the molecule is CC(C)CN(C[C@@H](O)[C@H](Cc1ccccc1)NC(=O)[C@H](C(C)C)N(Cc1ccccc1)C(=O)O)S(=O)(=O)c1ccc(C=NO)cc1. The molecule has 0 aromatic heterocycles. The molecule has 0 bridgehead atoms. The number of hydrogen-bond donors (Lipinski definition) is 4. The van der Waals surface area contributed by atoms with Gasteiger partial charge in [0.1, 0.15) is 6.04 Å². The van der Waals surface area contributed by atoms with Crippen LogP contribution >= 0.6 is 0 Å². The summed E-state index contributed by atoms with van der Waals surface area (Å²) in [4.78, 5) is 27.4. The van der Waals surface area contributed by atoms with Gasteiger partial charge in [-0.05, 0) is 47.1 Å². The zero-order chi connectivity index (χ0) is 33.9. The molecule has 0 heterocycles. The van der Waals surface area contributed by atoms with Crippen LogP contribution in [0.25, 0.3) is 0 Å². The Bertz CT molecular complexity index is 1530. The number of amides is 2. The number of benzene rings is 3. The molecule has 3 aromatic rings. The van der Waals surface area contributed by atoms with E-state index >= 15 is 0 Å². The van der Waals surface area contributed by atoms with Crippen molar-refractivity contribution >= 4 is 28.2 Å². The Kier molecular flexibility index (Phi) is 13.3. The minimum atomic E-state index is -4.08. The van der Waals surface area contributed by atoms with Crippen LogP contribution in [0.15, 0.2) is 95.0 Å². The normalized spacial score (nSPS) is 14.0. The molecule has 0 aliphatic heterocycles. The zero-order valence-electron chi connectivity index (χ0n) is 26.6. The molecular weight excluding hydrogens is 608 g/mol. The summed E-state index contributed by atoms with van der Waals surface area (Å²) in [5.74, 6) is -1.09. The van der Waals surface area contributed by atoms with E-state index in [1.807, 2.05) is 50.2 Å². The summed E-state index contributed by atoms with van der Waals surface area (Å²) in [6.07, 6.45) is -1.25. The average molecular weight is 653 g/mol. The number of oxime groups is 1. The molecule has 0 aliphatic carbocycles. The smallest absolute Gasteiger partial charge is 0.408 e. The van der Waals surface area contributed by atoms with E-state index in [2.05, 4.69) is 10.5 Å². The number of carboxylic acid groups (broad SMARTS) is 1. The van der Waals surface area contributed by atoms with Crippen molar-refractivity contribution < 1.29 is 33.4 Å². The van der Waals surface area contributed by atoms with E-state index in [4.69, 9.17) is 5.21 Å². The minimum absolute atomic E-state index is 0.00281. The largest absolute Gasteiger partial charge is 0.465 e. The molecule has 0 radical (unpaired) electrons. The molecular formula is C34H44N4O7S. The molecule has 0 spiro atoms. The molecule has 11 nitrogen and oxygen atoms in total. The summed E-state index contributed by atoms with van der Waals surface area (Å²) in [7, 11) is -4.08. The first kappa shape index (κ1) is 36.2. The Morgan fingerprint density at radius 1 is 0.870 bits per heavy atom. The predicted octanol–water partition coefficient (Wildman–Crippen LogP) is 4.43. The second-order valence-corrected chi connectivity index (χ2v) is 13.9. The van der Waals surface area contributed by atoms with Crippen LogP contribution in [0.5, 0.6) is 0 Å². The molecule has 12 heteroatoms. The fourth-order valence-electron chi connectivity index (χ4n) is 5.24. The number of nitrogens with one attached hydrogen (secondary N) is 1. The van der Waals surface area contributed by atoms with Gasteiger partial charge < -0.3 is 20.7 Å². The van der Waals surface area contributed by atoms with Gasteiger partial charge in [0, 0.05) is 19.6 Å². The van der Waals surface area contributed by atoms with E-state index in [0.717, 1.165) is 16.0 Å². The topological polar surface area (TPSA) is 160 Å². The number of hydrogen-bond acceptors (Lipinski definition) is 7. The van der Waals surface area contributed by atoms with Crippen LogP contribution in [0, 0.1) is 11.8 Å². The van der Waals surface area contributed by atoms with Crippen molar-refractivity contribution in [2.75, 3.05) is 13.1 Å². The number of aliphatic hydroxyl groups excluding tert-OH is 1. The van der Waals surface area contributed by atoms with Crippen LogP contribution in [0.4, 0.5) is 4.79 Å². The lowest BCUT2D eigenvalue weighted by Gasteiger charge is -2.35. The van der Waals surface area contributed by atoms with Crippen molar-refractivity contribution in [3.05, 3.63) is 102 Å². The highest BCUT2D eigenvalue weighted by atomic mass is 32.2. The molecule has 0 unspecified atom stereocenters. The van der Waals surface area contributed by atoms with Gasteiger partial charge in [0.05, 0.1) is 23.3 Å². The number of carbonyl (C=O) groups excluding carboxylic acids is 1. The highest BCUT2D eigenvalue weighted by Gasteiger charge is 2.36. The summed E-state index contributed by atoms with van der Waals surface area (Å²) < 4.78 is 28.8. The van der Waals surface area contributed by atoms with Gasteiger partial charge in [0.25, 0.3) is 0 Å². The third kappa shape index (κ3) is 10.1. The zero-order valence-corrected chi connectivity index (χ0v) is 27.4. The maximum atomic E-state index is 13.9. The quantitative estimate of drug-likeness (QED) is 0.101. The van der Waals surface area contributed by atoms with E-state index in [1.54, 1.807) is 38.1 Å². The first-order valence-electron chi connectivity index (χ1n) is 15.2. The van der Waals surface area contributed by atoms with Crippen molar-refractivity contribution in [2.45, 2.75) is 63.7 Å². The molecule has 4 N–H and O–H groups in total. The van der Waals surface area contributed by atoms with E-state index in [9.17, 15) is 28.2 Å². The second-order valence-electron chi connectivity index (χ2n) is 12.0. The van der Waals surface area contributed by atoms with Crippen molar-refractivity contribution in [1.82, 2.24) is 14.5 Å². The monoisotopic (exact) mass is 652 g/mol. The molecule has 46 heavy (non-hydrogen) atoms. The Morgan fingerprint density at radius 3 is 1.93 bits per heavy atom. The Balaban J connectivity index is 1.94. The van der Waals surface area contributed by atoms with Gasteiger partial charge in [-0.2, -0.15) is 4.31 Å². The maximum absolute atomic E-state index is 13.9. The number of rotatable bonds is 16. The third-order valence-electron chi connectivity index (χ3n) is 7.45. The highest BCUT2D eigenvalue weighted by Crippen LogP contribution is 2.21. The van der Waals surface area contributed by atoms with E-state index in [0.29, 0.717) is 5.56 Å². The molecule has 2 amide bonds. The lowest BCUT2D eigenvalue weighted by Crippen LogP contribution is -2.57. The fourth-order valence-corrected chi connectivity index (χ4v) is 6.87. The average Bonchev–Trinajstić information content (AvgIpc) is 3.01. The minimum Gasteiger partial charge on any atom is -0.465 e. The lowest BCUT2D eigenvalue weighted by atomic mass is 9.97. The van der Waals surface area contributed by atoms with Crippen LogP contribution in [-0.4, -0.2) is 82.5 Å². The van der Waals surface area contributed by atoms with Crippen LogP contribution in [0.3, 0.4) is 0 Å². The predicted molar refractivity (Wildman–Crippen MR) is 176 cm³/mol. The number of carbonyl (C=O) groups is 2. The second kappa shape index (κ2) is 16.9. The van der Waals surface area contributed by atoms with Gasteiger partial charge in [-0.3, -0.25) is 9.69 Å². The van der Waals surface area contributed by atoms with Crippen molar-refractivity contribution in [1.29, 1.82) is 0 Å². The third-order valence-corrected chi connectivity index (χ3v) is 9.30. The van der Waals surface area contributed by atoms with Crippen molar-refractivity contribution in [2.24, 2.45) is 17.0 Å². The van der Waals surface area contributed by atoms with Gasteiger partial charge in [-0.1, -0.05) is 106 Å². The summed E-state index contributed by atoms with van der Waals surface area (Å²) >= 11 is 0. The molecule has 0 saturated heterocycles. The van der Waals surface area contributed by atoms with Gasteiger partial charge >= 0.3 is 6.09 Å². The Labute approximate surface area is 271 Å². The Hall–Kier alpha value is -4.26. The molecule has 0 aliphatic rings. The van der Waals surface area contributed by atoms with Gasteiger partial charge in [0.2, 0.25) is 15.9 Å². The molecule has 248 valence electrons. The number of aliphatic hydroxyl groups is 1. The Morgan fingerprint density at radius 2 is 1.43 bits per heavy atom. The molecule has 0 saturated carbocycles. The van der Waals surface area contributed by atoms with Crippen LogP contribution in [0.1, 0.15) is 44.4 Å². The maximum Gasteiger partial charge on any atom is 0.408 e. The van der Waals surface area contributed by atoms with Gasteiger partial charge in [-0.15, -0.1) is 0 Å². The van der Waals surface area contributed by atoms with Crippen molar-refractivity contribution in [3.8, 4) is 0 Å². The molecule has 0 fully saturated rings. The first-order valence-corrected chi connectivity index (χ1v) is 16.6. The molecule has 3 aromatic carbocycles. The van der Waals surface area contributed by atoms with Crippen molar-refractivity contribution in [3.63, 3.8) is 0 Å². The summed E-state index contributed by atoms with van der Waals surface area (Å²) in [6, 6.07) is 21.9. The molecule has 3 atom stereocenters. The summed E-state index contributed by atoms with van der Waals surface area (Å²) in [5.41, 5.74) is 2.02. The summed E-state index contributed by atoms with van der Waals surface area (Å²) in [5, 5.41) is 36.4. The van der Waals surface area contributed by atoms with Crippen LogP contribution in [0.2, 0.25) is 0 Å². The number of nitrogens with zero attached hydrogens (tertiary/aromatic N) is 3. The standard InChI is InChI=1S/C34H44N4O7S/c1-24(2)21-37(46(44,45)29-17-15-27(16-18-29)20-35-43)23-31(39)30(19-26-11-7-5-8-12-26)36-33(40)32(25(3)4)38(34(41)42)22-28-13-9-6-10-14-28/h5-18,20,24-25,30-32,39,43H,19,21-23H2,1-4H3,(H,36,40)(H,41,42)/t30-,31+,32-/m0/s1. The van der Waals surface area contributed by atoms with Crippen LogP contribution in [-0.2, 0) is 27.8 Å². The number of sulfonamides is 1.